The van der Waals surface area contributed by atoms with Gasteiger partial charge in [-0.3, -0.25) is 0 Å². The molecule has 1 heterocycles. The first kappa shape index (κ1) is 17.9. The Kier molecular flexibility index (Phi) is 5.02. The Balaban J connectivity index is 0.00000220. The number of nitrogens with zero attached hydrogens (tertiary/aromatic N) is 1. The molecular weight excluding hydrogens is 318 g/mol. The highest BCUT2D eigenvalue weighted by molar-refractivity contribution is 7.14. The van der Waals surface area contributed by atoms with E-state index in [1.54, 1.807) is 20.8 Å². The van der Waals surface area contributed by atoms with Gasteiger partial charge in [0.05, 0.1) is 4.88 Å². The Morgan fingerprint density at radius 2 is 1.90 bits per heavy atom. The standard InChI is InChI=1S/C13H17NO5S.ClH/c1-12(2,3)19-11(17)7-8(13(18)5-4-6-13)20-9(14-7)10(15)16;/h18H,4-6H2,1-3H3,(H,15,16);1H. The van der Waals surface area contributed by atoms with Crippen molar-refractivity contribution in [3.8, 4) is 0 Å². The molecule has 21 heavy (non-hydrogen) atoms. The Hall–Kier alpha value is -1.18. The van der Waals surface area contributed by atoms with E-state index in [1.807, 2.05) is 0 Å². The zero-order valence-electron chi connectivity index (χ0n) is 12.0. The van der Waals surface area contributed by atoms with Gasteiger partial charge in [0.2, 0.25) is 5.01 Å². The molecule has 8 heteroatoms. The van der Waals surface area contributed by atoms with Gasteiger partial charge in [0.15, 0.2) is 5.69 Å². The Morgan fingerprint density at radius 1 is 1.33 bits per heavy atom. The highest BCUT2D eigenvalue weighted by Crippen LogP contribution is 2.45. The van der Waals surface area contributed by atoms with Crippen molar-refractivity contribution in [3.63, 3.8) is 0 Å². The smallest absolute Gasteiger partial charge is 0.365 e. The average molecular weight is 336 g/mol. The molecule has 0 aromatic carbocycles. The number of aromatic carboxylic acids is 1. The van der Waals surface area contributed by atoms with Gasteiger partial charge in [-0.1, -0.05) is 0 Å². The van der Waals surface area contributed by atoms with Crippen molar-refractivity contribution in [1.82, 2.24) is 4.98 Å². The quantitative estimate of drug-likeness (QED) is 0.824. The van der Waals surface area contributed by atoms with Gasteiger partial charge in [0.1, 0.15) is 11.2 Å². The van der Waals surface area contributed by atoms with E-state index in [4.69, 9.17) is 9.84 Å². The number of carboxylic acid groups (broad SMARTS) is 1. The summed E-state index contributed by atoms with van der Waals surface area (Å²) in [5, 5.41) is 19.2. The van der Waals surface area contributed by atoms with Crippen molar-refractivity contribution in [2.24, 2.45) is 0 Å². The molecular formula is C13H18ClNO5S. The van der Waals surface area contributed by atoms with Crippen LogP contribution in [0.25, 0.3) is 0 Å². The SMILES string of the molecule is CC(C)(C)OC(=O)c1nc(C(=O)O)sc1C1(O)CCC1.Cl. The fraction of sp³-hybridized carbons (Fsp3) is 0.615. The summed E-state index contributed by atoms with van der Waals surface area (Å²) in [6, 6.07) is 0. The van der Waals surface area contributed by atoms with Crippen molar-refractivity contribution in [3.05, 3.63) is 15.6 Å². The van der Waals surface area contributed by atoms with Crippen molar-refractivity contribution in [1.29, 1.82) is 0 Å². The summed E-state index contributed by atoms with van der Waals surface area (Å²) in [6.07, 6.45) is 1.85. The van der Waals surface area contributed by atoms with E-state index in [0.29, 0.717) is 17.7 Å². The zero-order chi connectivity index (χ0) is 15.1. The summed E-state index contributed by atoms with van der Waals surface area (Å²) in [6.45, 7) is 5.15. The first-order valence-electron chi connectivity index (χ1n) is 6.33. The van der Waals surface area contributed by atoms with E-state index in [9.17, 15) is 14.7 Å². The molecule has 1 aromatic rings. The molecule has 2 rings (SSSR count). The Morgan fingerprint density at radius 3 is 2.29 bits per heavy atom. The summed E-state index contributed by atoms with van der Waals surface area (Å²) in [5.74, 6) is -1.91. The maximum Gasteiger partial charge on any atom is 0.365 e. The largest absolute Gasteiger partial charge is 0.476 e. The molecule has 0 atom stereocenters. The molecule has 1 aromatic heterocycles. The molecule has 1 saturated carbocycles. The van der Waals surface area contributed by atoms with Gasteiger partial charge in [-0.15, -0.1) is 23.7 Å². The molecule has 0 saturated heterocycles. The number of aliphatic hydroxyl groups is 1. The first-order valence-corrected chi connectivity index (χ1v) is 7.14. The third-order valence-corrected chi connectivity index (χ3v) is 4.24. The number of carboxylic acids is 1. The lowest BCUT2D eigenvalue weighted by Gasteiger charge is -2.36. The second kappa shape index (κ2) is 5.90. The molecule has 6 nitrogen and oxygen atoms in total. The minimum atomic E-state index is -1.21. The van der Waals surface area contributed by atoms with Gasteiger partial charge >= 0.3 is 11.9 Å². The molecule has 0 bridgehead atoms. The lowest BCUT2D eigenvalue weighted by molar-refractivity contribution is -0.0378. The van der Waals surface area contributed by atoms with Gasteiger partial charge in [-0.2, -0.15) is 0 Å². The summed E-state index contributed by atoms with van der Waals surface area (Å²) in [5.41, 5.74) is -1.93. The summed E-state index contributed by atoms with van der Waals surface area (Å²) >= 11 is 0.843. The molecule has 0 spiro atoms. The topological polar surface area (TPSA) is 96.7 Å². The lowest BCUT2D eigenvalue weighted by atomic mass is 9.78. The maximum atomic E-state index is 12.1. The average Bonchev–Trinajstić information content (AvgIpc) is 2.68. The molecule has 0 aliphatic heterocycles. The molecule has 0 amide bonds. The second-order valence-corrected chi connectivity index (χ2v) is 6.89. The van der Waals surface area contributed by atoms with Crippen LogP contribution in [0.2, 0.25) is 0 Å². The summed E-state index contributed by atoms with van der Waals surface area (Å²) < 4.78 is 5.22. The third kappa shape index (κ3) is 3.72. The Bertz CT molecular complexity index is 559. The van der Waals surface area contributed by atoms with Gasteiger partial charge in [0.25, 0.3) is 0 Å². The number of carbonyl (C=O) groups is 2. The number of ether oxygens (including phenoxy) is 1. The lowest BCUT2D eigenvalue weighted by Crippen LogP contribution is -2.35. The van der Waals surface area contributed by atoms with Crippen LogP contribution in [0.3, 0.4) is 0 Å². The third-order valence-electron chi connectivity index (χ3n) is 3.01. The van der Waals surface area contributed by atoms with Gasteiger partial charge in [0, 0.05) is 0 Å². The molecule has 1 fully saturated rings. The molecule has 0 radical (unpaired) electrons. The summed E-state index contributed by atoms with van der Waals surface area (Å²) in [7, 11) is 0. The maximum absolute atomic E-state index is 12.1. The highest BCUT2D eigenvalue weighted by Gasteiger charge is 2.43. The molecule has 1 aliphatic carbocycles. The van der Waals surface area contributed by atoms with E-state index in [1.165, 1.54) is 0 Å². The van der Waals surface area contributed by atoms with Gasteiger partial charge in [-0.25, -0.2) is 14.6 Å². The number of carbonyl (C=O) groups excluding carboxylic acids is 1. The normalized spacial score (nSPS) is 16.6. The van der Waals surface area contributed by atoms with Crippen LogP contribution in [0.4, 0.5) is 0 Å². The number of thiazole rings is 1. The monoisotopic (exact) mass is 335 g/mol. The van der Waals surface area contributed by atoms with Crippen LogP contribution in [-0.4, -0.2) is 32.7 Å². The Labute approximate surface area is 132 Å². The van der Waals surface area contributed by atoms with Crippen LogP contribution in [0, 0.1) is 0 Å². The van der Waals surface area contributed by atoms with E-state index in [0.717, 1.165) is 17.8 Å². The van der Waals surface area contributed by atoms with E-state index in [2.05, 4.69) is 4.98 Å². The summed E-state index contributed by atoms with van der Waals surface area (Å²) in [4.78, 5) is 27.3. The van der Waals surface area contributed by atoms with E-state index >= 15 is 0 Å². The van der Waals surface area contributed by atoms with Crippen LogP contribution < -0.4 is 0 Å². The van der Waals surface area contributed by atoms with Crippen molar-refractivity contribution >= 4 is 35.7 Å². The zero-order valence-corrected chi connectivity index (χ0v) is 13.6. The minimum Gasteiger partial charge on any atom is -0.476 e. The highest BCUT2D eigenvalue weighted by atomic mass is 35.5. The molecule has 118 valence electrons. The molecule has 2 N–H and O–H groups in total. The van der Waals surface area contributed by atoms with E-state index < -0.39 is 23.1 Å². The predicted octanol–water partition coefficient (Wildman–Crippen LogP) is 2.59. The number of halogens is 1. The number of hydrogen-bond acceptors (Lipinski definition) is 6. The molecule has 0 unspecified atom stereocenters. The van der Waals surface area contributed by atoms with Crippen LogP contribution in [-0.2, 0) is 10.3 Å². The van der Waals surface area contributed by atoms with Crippen LogP contribution in [0.15, 0.2) is 0 Å². The fourth-order valence-electron chi connectivity index (χ4n) is 1.93. The predicted molar refractivity (Wildman–Crippen MR) is 79.2 cm³/mol. The van der Waals surface area contributed by atoms with Gasteiger partial charge < -0.3 is 14.9 Å². The number of aromatic nitrogens is 1. The van der Waals surface area contributed by atoms with Crippen LogP contribution in [0.1, 0.15) is 65.2 Å². The molecule has 1 aliphatic rings. The van der Waals surface area contributed by atoms with Crippen molar-refractivity contribution < 1.29 is 24.5 Å². The fourth-order valence-corrected chi connectivity index (χ4v) is 2.97. The number of esters is 1. The van der Waals surface area contributed by atoms with E-state index in [-0.39, 0.29) is 23.1 Å². The van der Waals surface area contributed by atoms with Crippen molar-refractivity contribution in [2.75, 3.05) is 0 Å². The minimum absolute atomic E-state index is 0. The van der Waals surface area contributed by atoms with Gasteiger partial charge in [-0.05, 0) is 40.0 Å². The van der Waals surface area contributed by atoms with Crippen LogP contribution >= 0.6 is 23.7 Å². The van der Waals surface area contributed by atoms with Crippen molar-refractivity contribution in [2.45, 2.75) is 51.2 Å². The first-order chi connectivity index (χ1) is 9.12. The number of rotatable bonds is 3. The van der Waals surface area contributed by atoms with Crippen LogP contribution in [0.5, 0.6) is 0 Å². The second-order valence-electron chi connectivity index (χ2n) is 5.89. The number of hydrogen-bond donors (Lipinski definition) is 2.